The molecule has 1 aliphatic rings. The molecule has 0 saturated carbocycles. The third-order valence-corrected chi connectivity index (χ3v) is 3.98. The maximum absolute atomic E-state index is 6.18. The summed E-state index contributed by atoms with van der Waals surface area (Å²) in [6.45, 7) is 0.574. The van der Waals surface area contributed by atoms with E-state index in [2.05, 4.69) is 15.2 Å². The number of rotatable bonds is 3. The molecule has 108 valence electrons. The fourth-order valence-electron chi connectivity index (χ4n) is 2.38. The molecule has 21 heavy (non-hydrogen) atoms. The summed E-state index contributed by atoms with van der Waals surface area (Å²) < 4.78 is 5.25. The van der Waals surface area contributed by atoms with Gasteiger partial charge in [-0.1, -0.05) is 29.3 Å². The number of hydrogen-bond donors (Lipinski definition) is 0. The van der Waals surface area contributed by atoms with Gasteiger partial charge in [-0.25, -0.2) is 0 Å². The minimum atomic E-state index is -0.0779. The lowest BCUT2D eigenvalue weighted by Gasteiger charge is -2.20. The molecule has 0 saturated heterocycles. The molecule has 2 heterocycles. The summed E-state index contributed by atoms with van der Waals surface area (Å²) in [7, 11) is 1.65. The maximum Gasteiger partial charge on any atom is 0.119 e. The number of aromatic nitrogens is 1. The first kappa shape index (κ1) is 14.3. The van der Waals surface area contributed by atoms with Gasteiger partial charge in [-0.05, 0) is 29.3 Å². The van der Waals surface area contributed by atoms with Gasteiger partial charge in [-0.3, -0.25) is 4.98 Å². The molecule has 0 N–H and O–H groups in total. The standard InChI is InChI=1S/C15H13Cl2N3O/c1-21-11-2-3-12-9(4-11)7-19-20-14(12)6-15-13(17)5-10(16)8-18-15/h2-5,8,14H,6-7H2,1H3. The van der Waals surface area contributed by atoms with E-state index in [0.717, 1.165) is 22.6 Å². The highest BCUT2D eigenvalue weighted by Gasteiger charge is 2.21. The van der Waals surface area contributed by atoms with Crippen LogP contribution in [-0.2, 0) is 13.0 Å². The summed E-state index contributed by atoms with van der Waals surface area (Å²) in [5.74, 6) is 0.826. The van der Waals surface area contributed by atoms with Gasteiger partial charge in [-0.15, -0.1) is 0 Å². The van der Waals surface area contributed by atoms with Crippen LogP contribution >= 0.6 is 23.2 Å². The van der Waals surface area contributed by atoms with Gasteiger partial charge in [0.15, 0.2) is 0 Å². The molecule has 6 heteroatoms. The van der Waals surface area contributed by atoms with Gasteiger partial charge in [0.25, 0.3) is 0 Å². The van der Waals surface area contributed by atoms with E-state index in [1.165, 1.54) is 0 Å². The average Bonchev–Trinajstić information content (AvgIpc) is 2.49. The molecule has 0 spiro atoms. The Morgan fingerprint density at radius 2 is 2.14 bits per heavy atom. The van der Waals surface area contributed by atoms with E-state index in [9.17, 15) is 0 Å². The molecule has 3 rings (SSSR count). The zero-order valence-electron chi connectivity index (χ0n) is 11.4. The van der Waals surface area contributed by atoms with Crippen molar-refractivity contribution in [1.29, 1.82) is 0 Å². The van der Waals surface area contributed by atoms with Gasteiger partial charge >= 0.3 is 0 Å². The van der Waals surface area contributed by atoms with Crippen LogP contribution < -0.4 is 4.74 Å². The average molecular weight is 322 g/mol. The predicted octanol–water partition coefficient (Wildman–Crippen LogP) is 4.65. The second-order valence-corrected chi connectivity index (χ2v) is 5.63. The van der Waals surface area contributed by atoms with E-state index in [0.29, 0.717) is 23.0 Å². The number of fused-ring (bicyclic) bond motifs is 1. The van der Waals surface area contributed by atoms with Crippen LogP contribution in [0.2, 0.25) is 10.0 Å². The molecule has 1 unspecified atom stereocenters. The monoisotopic (exact) mass is 321 g/mol. The number of halogens is 2. The Labute approximate surface area is 132 Å². The number of benzene rings is 1. The Kier molecular flexibility index (Phi) is 4.08. The number of ether oxygens (including phenoxy) is 1. The van der Waals surface area contributed by atoms with Crippen molar-refractivity contribution in [3.8, 4) is 5.75 Å². The van der Waals surface area contributed by atoms with Crippen molar-refractivity contribution < 1.29 is 4.74 Å². The first-order valence-corrected chi connectivity index (χ1v) is 7.26. The maximum atomic E-state index is 6.18. The second kappa shape index (κ2) is 6.00. The fourth-order valence-corrected chi connectivity index (χ4v) is 2.83. The molecule has 0 amide bonds. The Hall–Kier alpha value is -1.65. The van der Waals surface area contributed by atoms with Crippen LogP contribution in [0.1, 0.15) is 22.9 Å². The third kappa shape index (κ3) is 3.01. The zero-order valence-corrected chi connectivity index (χ0v) is 12.9. The molecule has 1 aromatic carbocycles. The number of azo groups is 1. The van der Waals surface area contributed by atoms with Crippen molar-refractivity contribution in [2.75, 3.05) is 7.11 Å². The largest absolute Gasteiger partial charge is 0.497 e. The van der Waals surface area contributed by atoms with Crippen LogP contribution in [0.4, 0.5) is 0 Å². The van der Waals surface area contributed by atoms with E-state index in [4.69, 9.17) is 27.9 Å². The van der Waals surface area contributed by atoms with Gasteiger partial charge in [0.1, 0.15) is 11.8 Å². The highest BCUT2D eigenvalue weighted by Crippen LogP contribution is 2.33. The summed E-state index contributed by atoms with van der Waals surface area (Å²) in [6.07, 6.45) is 2.19. The van der Waals surface area contributed by atoms with E-state index >= 15 is 0 Å². The van der Waals surface area contributed by atoms with Gasteiger partial charge in [0, 0.05) is 12.6 Å². The third-order valence-electron chi connectivity index (χ3n) is 3.44. The van der Waals surface area contributed by atoms with E-state index in [1.54, 1.807) is 19.4 Å². The van der Waals surface area contributed by atoms with Crippen LogP contribution in [0.3, 0.4) is 0 Å². The predicted molar refractivity (Wildman–Crippen MR) is 82.3 cm³/mol. The Balaban J connectivity index is 1.90. The van der Waals surface area contributed by atoms with Gasteiger partial charge in [0.05, 0.1) is 29.4 Å². The van der Waals surface area contributed by atoms with Crippen molar-refractivity contribution in [2.45, 2.75) is 19.0 Å². The van der Waals surface area contributed by atoms with Gasteiger partial charge < -0.3 is 4.74 Å². The summed E-state index contributed by atoms with van der Waals surface area (Å²) in [4.78, 5) is 4.29. The SMILES string of the molecule is COc1ccc2c(c1)CN=NC2Cc1ncc(Cl)cc1Cl. The topological polar surface area (TPSA) is 46.8 Å². The zero-order chi connectivity index (χ0) is 14.8. The van der Waals surface area contributed by atoms with E-state index in [1.807, 2.05) is 18.2 Å². The van der Waals surface area contributed by atoms with Gasteiger partial charge in [-0.2, -0.15) is 10.2 Å². The highest BCUT2D eigenvalue weighted by molar-refractivity contribution is 6.34. The summed E-state index contributed by atoms with van der Waals surface area (Å²) >= 11 is 12.1. The van der Waals surface area contributed by atoms with E-state index < -0.39 is 0 Å². The van der Waals surface area contributed by atoms with Crippen molar-refractivity contribution in [1.82, 2.24) is 4.98 Å². The van der Waals surface area contributed by atoms with Crippen molar-refractivity contribution >= 4 is 23.2 Å². The van der Waals surface area contributed by atoms with E-state index in [-0.39, 0.29) is 6.04 Å². The molecule has 4 nitrogen and oxygen atoms in total. The first-order chi connectivity index (χ1) is 10.2. The first-order valence-electron chi connectivity index (χ1n) is 6.50. The minimum Gasteiger partial charge on any atom is -0.497 e. The lowest BCUT2D eigenvalue weighted by Crippen LogP contribution is -2.09. The van der Waals surface area contributed by atoms with Crippen molar-refractivity contribution in [3.05, 3.63) is 57.3 Å². The number of pyridine rings is 1. The molecule has 1 atom stereocenters. The molecular formula is C15H13Cl2N3O. The number of methoxy groups -OCH3 is 1. The fraction of sp³-hybridized carbons (Fsp3) is 0.267. The molecule has 0 bridgehead atoms. The lowest BCUT2D eigenvalue weighted by molar-refractivity contribution is 0.413. The minimum absolute atomic E-state index is 0.0779. The van der Waals surface area contributed by atoms with Crippen LogP contribution in [0.5, 0.6) is 5.75 Å². The van der Waals surface area contributed by atoms with Crippen molar-refractivity contribution in [3.63, 3.8) is 0 Å². The van der Waals surface area contributed by atoms with Crippen LogP contribution in [0.15, 0.2) is 40.7 Å². The molecule has 2 aromatic rings. The smallest absolute Gasteiger partial charge is 0.119 e. The Bertz CT molecular complexity index is 703. The van der Waals surface area contributed by atoms with Crippen molar-refractivity contribution in [2.24, 2.45) is 10.2 Å². The molecule has 0 radical (unpaired) electrons. The molecule has 1 aliphatic heterocycles. The van der Waals surface area contributed by atoms with Crippen LogP contribution in [-0.4, -0.2) is 12.1 Å². The quantitative estimate of drug-likeness (QED) is 0.826. The lowest BCUT2D eigenvalue weighted by atomic mass is 9.96. The molecular weight excluding hydrogens is 309 g/mol. The summed E-state index contributed by atoms with van der Waals surface area (Å²) in [5, 5.41) is 9.61. The summed E-state index contributed by atoms with van der Waals surface area (Å²) in [5.41, 5.74) is 3.03. The summed E-state index contributed by atoms with van der Waals surface area (Å²) in [6, 6.07) is 7.58. The Morgan fingerprint density at radius 1 is 1.29 bits per heavy atom. The van der Waals surface area contributed by atoms with Crippen LogP contribution in [0, 0.1) is 0 Å². The normalized spacial score (nSPS) is 16.6. The molecule has 0 fully saturated rings. The second-order valence-electron chi connectivity index (χ2n) is 4.78. The Morgan fingerprint density at radius 3 is 2.90 bits per heavy atom. The number of hydrogen-bond acceptors (Lipinski definition) is 4. The van der Waals surface area contributed by atoms with Crippen LogP contribution in [0.25, 0.3) is 0 Å². The van der Waals surface area contributed by atoms with Gasteiger partial charge in [0.2, 0.25) is 0 Å². The number of nitrogens with zero attached hydrogens (tertiary/aromatic N) is 3. The highest BCUT2D eigenvalue weighted by atomic mass is 35.5. The molecule has 1 aromatic heterocycles. The molecule has 0 aliphatic carbocycles.